The normalized spacial score (nSPS) is 12.0. The second-order valence-electron chi connectivity index (χ2n) is 5.75. The van der Waals surface area contributed by atoms with Gasteiger partial charge in [0.05, 0.1) is 17.2 Å². The SMILES string of the molecule is CCNC(=NCc1csc(C(C)C)n1)N(C)CCc1cccs1. The summed E-state index contributed by atoms with van der Waals surface area (Å²) in [5, 5.41) is 8.80. The van der Waals surface area contributed by atoms with Crippen LogP contribution in [0.1, 0.15) is 42.3 Å². The smallest absolute Gasteiger partial charge is 0.194 e. The maximum Gasteiger partial charge on any atom is 0.194 e. The maximum atomic E-state index is 4.74. The molecular formula is C17H26N4S2. The molecule has 0 aliphatic heterocycles. The Bertz CT molecular complexity index is 602. The summed E-state index contributed by atoms with van der Waals surface area (Å²) in [7, 11) is 2.09. The lowest BCUT2D eigenvalue weighted by molar-refractivity contribution is 0.486. The minimum absolute atomic E-state index is 0.486. The monoisotopic (exact) mass is 350 g/mol. The zero-order valence-electron chi connectivity index (χ0n) is 14.4. The van der Waals surface area contributed by atoms with Gasteiger partial charge in [0.25, 0.3) is 0 Å². The van der Waals surface area contributed by atoms with Crippen LogP contribution in [0.2, 0.25) is 0 Å². The number of nitrogens with one attached hydrogen (secondary N) is 1. The van der Waals surface area contributed by atoms with Crippen LogP contribution in [0.4, 0.5) is 0 Å². The predicted molar refractivity (Wildman–Crippen MR) is 102 cm³/mol. The van der Waals surface area contributed by atoms with E-state index in [0.717, 1.165) is 31.2 Å². The second kappa shape index (κ2) is 9.03. The Balaban J connectivity index is 1.94. The van der Waals surface area contributed by atoms with Gasteiger partial charge in [0.15, 0.2) is 5.96 Å². The number of thiazole rings is 1. The minimum Gasteiger partial charge on any atom is -0.357 e. The highest BCUT2D eigenvalue weighted by atomic mass is 32.1. The maximum absolute atomic E-state index is 4.74. The van der Waals surface area contributed by atoms with Gasteiger partial charge in [0.2, 0.25) is 0 Å². The number of guanidine groups is 1. The Labute approximate surface area is 147 Å². The molecule has 0 aliphatic carbocycles. The van der Waals surface area contributed by atoms with Crippen LogP contribution in [0.25, 0.3) is 0 Å². The molecule has 2 heterocycles. The van der Waals surface area contributed by atoms with Gasteiger partial charge < -0.3 is 10.2 Å². The number of nitrogens with zero attached hydrogens (tertiary/aromatic N) is 3. The van der Waals surface area contributed by atoms with Gasteiger partial charge in [-0.1, -0.05) is 19.9 Å². The Morgan fingerprint density at radius 1 is 1.39 bits per heavy atom. The van der Waals surface area contributed by atoms with Crippen LogP contribution in [0, 0.1) is 0 Å². The molecule has 0 unspecified atom stereocenters. The van der Waals surface area contributed by atoms with E-state index in [-0.39, 0.29) is 0 Å². The van der Waals surface area contributed by atoms with Crippen LogP contribution in [-0.2, 0) is 13.0 Å². The van der Waals surface area contributed by atoms with E-state index in [1.807, 2.05) is 11.3 Å². The first-order valence-corrected chi connectivity index (χ1v) is 9.82. The molecule has 0 aliphatic rings. The van der Waals surface area contributed by atoms with Gasteiger partial charge in [0, 0.05) is 36.3 Å². The summed E-state index contributed by atoms with van der Waals surface area (Å²) in [5.74, 6) is 1.43. The summed E-state index contributed by atoms with van der Waals surface area (Å²) in [6.45, 7) is 8.91. The number of rotatable bonds is 7. The first-order valence-electron chi connectivity index (χ1n) is 8.06. The van der Waals surface area contributed by atoms with Crippen molar-refractivity contribution in [2.75, 3.05) is 20.1 Å². The van der Waals surface area contributed by atoms with E-state index >= 15 is 0 Å². The second-order valence-corrected chi connectivity index (χ2v) is 7.67. The van der Waals surface area contributed by atoms with E-state index in [1.165, 1.54) is 9.88 Å². The summed E-state index contributed by atoms with van der Waals surface area (Å²) >= 11 is 3.54. The Morgan fingerprint density at radius 3 is 2.83 bits per heavy atom. The highest BCUT2D eigenvalue weighted by molar-refractivity contribution is 7.10. The largest absolute Gasteiger partial charge is 0.357 e. The fraction of sp³-hybridized carbons (Fsp3) is 0.529. The van der Waals surface area contributed by atoms with E-state index in [1.54, 1.807) is 11.3 Å². The fourth-order valence-electron chi connectivity index (χ4n) is 2.12. The molecule has 2 rings (SSSR count). The van der Waals surface area contributed by atoms with Crippen LogP contribution in [0.15, 0.2) is 27.9 Å². The quantitative estimate of drug-likeness (QED) is 0.607. The van der Waals surface area contributed by atoms with Gasteiger partial charge in [-0.3, -0.25) is 0 Å². The van der Waals surface area contributed by atoms with Crippen molar-refractivity contribution < 1.29 is 0 Å². The number of likely N-dealkylation sites (N-methyl/N-ethyl adjacent to an activating group) is 1. The number of hydrogen-bond donors (Lipinski definition) is 1. The van der Waals surface area contributed by atoms with Gasteiger partial charge in [-0.15, -0.1) is 22.7 Å². The van der Waals surface area contributed by atoms with Crippen molar-refractivity contribution >= 4 is 28.6 Å². The van der Waals surface area contributed by atoms with Gasteiger partial charge in [-0.25, -0.2) is 9.98 Å². The van der Waals surface area contributed by atoms with Gasteiger partial charge >= 0.3 is 0 Å². The molecule has 0 atom stereocenters. The van der Waals surface area contributed by atoms with Crippen molar-refractivity contribution in [3.05, 3.63) is 38.5 Å². The third-order valence-electron chi connectivity index (χ3n) is 3.42. The highest BCUT2D eigenvalue weighted by Gasteiger charge is 2.08. The standard InChI is InChI=1S/C17H26N4S2/c1-5-18-17(21(4)9-8-15-7-6-10-22-15)19-11-14-12-23-16(20-14)13(2)3/h6-7,10,12-13H,5,8-9,11H2,1-4H3,(H,18,19). The van der Waals surface area contributed by atoms with Gasteiger partial charge in [0.1, 0.15) is 0 Å². The van der Waals surface area contributed by atoms with Gasteiger partial charge in [-0.2, -0.15) is 0 Å². The van der Waals surface area contributed by atoms with Gasteiger partial charge in [-0.05, 0) is 24.8 Å². The summed E-state index contributed by atoms with van der Waals surface area (Å²) in [6.07, 6.45) is 1.05. The minimum atomic E-state index is 0.486. The molecule has 2 aromatic heterocycles. The number of aromatic nitrogens is 1. The Kier molecular flexibility index (Phi) is 7.05. The van der Waals surface area contributed by atoms with E-state index in [2.05, 4.69) is 65.9 Å². The van der Waals surface area contributed by atoms with Crippen molar-refractivity contribution in [2.24, 2.45) is 4.99 Å². The molecule has 0 aromatic carbocycles. The van der Waals surface area contributed by atoms with E-state index < -0.39 is 0 Å². The van der Waals surface area contributed by atoms with Crippen LogP contribution in [0.5, 0.6) is 0 Å². The molecule has 4 nitrogen and oxygen atoms in total. The fourth-order valence-corrected chi connectivity index (χ4v) is 3.65. The summed E-state index contributed by atoms with van der Waals surface area (Å²) in [4.78, 5) is 13.0. The average molecular weight is 351 g/mol. The van der Waals surface area contributed by atoms with E-state index in [9.17, 15) is 0 Å². The molecule has 0 fully saturated rings. The molecule has 23 heavy (non-hydrogen) atoms. The molecular weight excluding hydrogens is 324 g/mol. The highest BCUT2D eigenvalue weighted by Crippen LogP contribution is 2.19. The van der Waals surface area contributed by atoms with Crippen molar-refractivity contribution in [3.8, 4) is 0 Å². The average Bonchev–Trinajstić information content (AvgIpc) is 3.20. The third-order valence-corrected chi connectivity index (χ3v) is 5.55. The summed E-state index contributed by atoms with van der Waals surface area (Å²) < 4.78 is 0. The molecule has 0 saturated carbocycles. The molecule has 0 bridgehead atoms. The first kappa shape index (κ1) is 17.9. The van der Waals surface area contributed by atoms with Crippen LogP contribution >= 0.6 is 22.7 Å². The van der Waals surface area contributed by atoms with Crippen LogP contribution < -0.4 is 5.32 Å². The number of hydrogen-bond acceptors (Lipinski definition) is 4. The third kappa shape index (κ3) is 5.62. The molecule has 1 N–H and O–H groups in total. The lowest BCUT2D eigenvalue weighted by Crippen LogP contribution is -2.39. The molecule has 0 spiro atoms. The number of thiophene rings is 1. The first-order chi connectivity index (χ1) is 11.1. The zero-order chi connectivity index (χ0) is 16.7. The van der Waals surface area contributed by atoms with Crippen LogP contribution in [0.3, 0.4) is 0 Å². The topological polar surface area (TPSA) is 40.5 Å². The Hall–Kier alpha value is -1.40. The lowest BCUT2D eigenvalue weighted by atomic mass is 10.2. The lowest BCUT2D eigenvalue weighted by Gasteiger charge is -2.21. The molecule has 0 amide bonds. The van der Waals surface area contributed by atoms with Crippen molar-refractivity contribution in [1.82, 2.24) is 15.2 Å². The molecule has 0 saturated heterocycles. The Morgan fingerprint density at radius 2 is 2.22 bits per heavy atom. The molecule has 6 heteroatoms. The van der Waals surface area contributed by atoms with Crippen LogP contribution in [-0.4, -0.2) is 36.0 Å². The van der Waals surface area contributed by atoms with Crippen molar-refractivity contribution in [2.45, 2.75) is 39.7 Å². The van der Waals surface area contributed by atoms with Crippen molar-refractivity contribution in [1.29, 1.82) is 0 Å². The predicted octanol–water partition coefficient (Wildman–Crippen LogP) is 3.97. The zero-order valence-corrected chi connectivity index (χ0v) is 16.0. The number of aliphatic imine (C=N–C) groups is 1. The van der Waals surface area contributed by atoms with E-state index in [0.29, 0.717) is 12.5 Å². The molecule has 0 radical (unpaired) electrons. The summed E-state index contributed by atoms with van der Waals surface area (Å²) in [6, 6.07) is 4.29. The molecule has 126 valence electrons. The van der Waals surface area contributed by atoms with Crippen molar-refractivity contribution in [3.63, 3.8) is 0 Å². The van der Waals surface area contributed by atoms with E-state index in [4.69, 9.17) is 4.99 Å². The molecule has 2 aromatic rings. The summed E-state index contributed by atoms with van der Waals surface area (Å²) in [5.41, 5.74) is 1.06.